The van der Waals surface area contributed by atoms with E-state index in [-0.39, 0.29) is 0 Å². The summed E-state index contributed by atoms with van der Waals surface area (Å²) in [5, 5.41) is 14.0. The second-order valence-electron chi connectivity index (χ2n) is 19.2. The average molecular weight is 922 g/mol. The maximum atomic E-state index is 6.80. The van der Waals surface area contributed by atoms with Crippen molar-refractivity contribution in [2.75, 3.05) is 9.80 Å². The van der Waals surface area contributed by atoms with Gasteiger partial charge < -0.3 is 14.2 Å². The lowest BCUT2D eigenvalue weighted by molar-refractivity contribution is 0.669. The predicted molar refractivity (Wildman–Crippen MR) is 300 cm³/mol. The molecule has 4 bridgehead atoms. The summed E-state index contributed by atoms with van der Waals surface area (Å²) in [6, 6.07) is 86.9. The summed E-state index contributed by atoms with van der Waals surface area (Å²) in [6.07, 6.45) is 2.02. The minimum Gasteiger partial charge on any atom is -0.454 e. The molecule has 2 aromatic heterocycles. The summed E-state index contributed by atoms with van der Waals surface area (Å²) >= 11 is 0. The largest absolute Gasteiger partial charge is 0.454 e. The van der Waals surface area contributed by atoms with Gasteiger partial charge in [-0.2, -0.15) is 0 Å². The van der Waals surface area contributed by atoms with Crippen LogP contribution in [0.25, 0.3) is 87.8 Å². The topological polar surface area (TPSA) is 32.5 Å². The normalized spacial score (nSPS) is 14.6. The summed E-state index contributed by atoms with van der Waals surface area (Å²) in [6.45, 7) is 2.58. The van der Waals surface area contributed by atoms with Crippen LogP contribution in [0.1, 0.15) is 0 Å². The molecule has 2 aliphatic heterocycles. The Morgan fingerprint density at radius 2 is 1.08 bits per heavy atom. The van der Waals surface area contributed by atoms with Gasteiger partial charge in [0.2, 0.25) is 0 Å². The monoisotopic (exact) mass is 921 g/mol. The Hall–Kier alpha value is -9.03. The molecule has 1 atom stereocenters. The van der Waals surface area contributed by atoms with Crippen LogP contribution in [0.4, 0.5) is 34.1 Å². The molecule has 2 aliphatic rings. The van der Waals surface area contributed by atoms with Gasteiger partial charge in [0.1, 0.15) is 13.7 Å². The van der Waals surface area contributed by atoms with Crippen molar-refractivity contribution in [3.8, 4) is 33.5 Å². The third-order valence-corrected chi connectivity index (χ3v) is 19.9. The van der Waals surface area contributed by atoms with Crippen LogP contribution in [-0.2, 0) is 0 Å². The quantitative estimate of drug-likeness (QED) is 0.127. The van der Waals surface area contributed by atoms with Gasteiger partial charge in [-0.3, -0.25) is 4.98 Å². The van der Waals surface area contributed by atoms with Gasteiger partial charge in [0, 0.05) is 39.0 Å². The fraction of sp³-hybridized carbons (Fsp3) is 0.0152. The third-order valence-electron chi connectivity index (χ3n) is 15.5. The molecule has 4 nitrogen and oxygen atoms in total. The molecule has 0 spiro atoms. The lowest BCUT2D eigenvalue weighted by Crippen LogP contribution is -2.66. The number of aromatic nitrogens is 1. The van der Waals surface area contributed by atoms with Gasteiger partial charge >= 0.3 is 0 Å². The number of furan rings is 1. The van der Waals surface area contributed by atoms with Crippen LogP contribution in [0.2, 0.25) is 6.55 Å². The third kappa shape index (κ3) is 5.81. The van der Waals surface area contributed by atoms with Gasteiger partial charge in [0.05, 0.1) is 29.0 Å². The molecule has 4 heterocycles. The molecule has 5 heteroatoms. The summed E-state index contributed by atoms with van der Waals surface area (Å²) in [5.41, 5.74) is 15.3. The number of hydrogen-bond acceptors (Lipinski definition) is 4. The SMILES string of the molecule is C[Si]12c3cccc(c3)-c3ccccc3N(c3cccc4c3oc3ccccc34)c3ccc(c1c3)-c1cc3c4ccccc4c(-c4ccc(N(c5ccccc5)c5ccccc5)cn4)cc3c3cccc2c13. The first-order chi connectivity index (χ1) is 35.1. The van der Waals surface area contributed by atoms with Gasteiger partial charge in [-0.15, -0.1) is 0 Å². The lowest BCUT2D eigenvalue weighted by Gasteiger charge is -2.39. The van der Waals surface area contributed by atoms with E-state index in [0.29, 0.717) is 0 Å². The summed E-state index contributed by atoms with van der Waals surface area (Å²) in [4.78, 5) is 9.98. The maximum absolute atomic E-state index is 6.80. The highest BCUT2D eigenvalue weighted by molar-refractivity contribution is 7.13. The van der Waals surface area contributed by atoms with Crippen molar-refractivity contribution >= 4 is 112 Å². The molecular formula is C66H43N3OSi. The Morgan fingerprint density at radius 1 is 0.423 bits per heavy atom. The molecule has 0 fully saturated rings. The molecule has 332 valence electrons. The van der Waals surface area contributed by atoms with Crippen molar-refractivity contribution in [3.05, 3.63) is 243 Å². The molecule has 15 rings (SSSR count). The predicted octanol–water partition coefficient (Wildman–Crippen LogP) is 16.1. The van der Waals surface area contributed by atoms with Gasteiger partial charge in [-0.1, -0.05) is 164 Å². The molecule has 13 aromatic rings. The molecule has 0 amide bonds. The van der Waals surface area contributed by atoms with Crippen LogP contribution in [0, 0.1) is 0 Å². The van der Waals surface area contributed by atoms with E-state index in [4.69, 9.17) is 9.40 Å². The van der Waals surface area contributed by atoms with Crippen LogP contribution >= 0.6 is 0 Å². The highest BCUT2D eigenvalue weighted by Gasteiger charge is 2.43. The van der Waals surface area contributed by atoms with E-state index in [1.165, 1.54) is 70.1 Å². The molecule has 0 saturated heterocycles. The lowest BCUT2D eigenvalue weighted by atomic mass is 9.88. The molecule has 71 heavy (non-hydrogen) atoms. The van der Waals surface area contributed by atoms with Crippen molar-refractivity contribution in [1.82, 2.24) is 4.98 Å². The zero-order valence-corrected chi connectivity index (χ0v) is 39.8. The number of nitrogens with zero attached hydrogens (tertiary/aromatic N) is 3. The van der Waals surface area contributed by atoms with E-state index in [1.807, 2.05) is 6.20 Å². The highest BCUT2D eigenvalue weighted by Crippen LogP contribution is 2.48. The minimum absolute atomic E-state index is 0.882. The number of para-hydroxylation sites is 5. The van der Waals surface area contributed by atoms with Crippen LogP contribution < -0.4 is 25.4 Å². The van der Waals surface area contributed by atoms with E-state index < -0.39 is 8.07 Å². The molecule has 0 saturated carbocycles. The Balaban J connectivity index is 0.965. The summed E-state index contributed by atoms with van der Waals surface area (Å²) in [7, 11) is -2.72. The van der Waals surface area contributed by atoms with Gasteiger partial charge in [0.25, 0.3) is 0 Å². The Labute approximate surface area is 412 Å². The van der Waals surface area contributed by atoms with Gasteiger partial charge in [-0.25, -0.2) is 0 Å². The molecule has 1 unspecified atom stereocenters. The van der Waals surface area contributed by atoms with Crippen molar-refractivity contribution in [2.24, 2.45) is 0 Å². The van der Waals surface area contributed by atoms with Gasteiger partial charge in [-0.05, 0) is 143 Å². The number of benzene rings is 11. The molecule has 0 N–H and O–H groups in total. The zero-order valence-electron chi connectivity index (χ0n) is 38.8. The first-order valence-electron chi connectivity index (χ1n) is 24.4. The number of pyridine rings is 1. The van der Waals surface area contributed by atoms with Crippen molar-refractivity contribution < 1.29 is 4.42 Å². The number of anilines is 6. The first kappa shape index (κ1) is 39.9. The fourth-order valence-electron chi connectivity index (χ4n) is 12.2. The van der Waals surface area contributed by atoms with Crippen molar-refractivity contribution in [1.29, 1.82) is 0 Å². The number of fused-ring (bicyclic) bond motifs is 15. The number of rotatable bonds is 5. The van der Waals surface area contributed by atoms with Crippen LogP contribution in [0.3, 0.4) is 0 Å². The second-order valence-corrected chi connectivity index (χ2v) is 23.1. The van der Waals surface area contributed by atoms with Crippen LogP contribution in [-0.4, -0.2) is 13.1 Å². The summed E-state index contributed by atoms with van der Waals surface area (Å²) in [5.74, 6) is 0. The smallest absolute Gasteiger partial charge is 0.159 e. The van der Waals surface area contributed by atoms with Crippen LogP contribution in [0.5, 0.6) is 0 Å². The molecule has 0 aliphatic carbocycles. The van der Waals surface area contributed by atoms with Crippen LogP contribution in [0.15, 0.2) is 247 Å². The van der Waals surface area contributed by atoms with E-state index >= 15 is 0 Å². The fourth-order valence-corrected chi connectivity index (χ4v) is 16.4. The standard InChI is InChI=1S/C66H43N3OSi/c1-71-47-22-14-17-42(37-47)48-23-10-12-29-60(48)69(61-30-15-28-54-51-26-11-13-31-62(51)70-66(54)61)45-33-35-52(64(71)38-45)58-40-55-49-24-8-9-25-50(49)57(39-56(55)53-27-16-32-63(71)65(53)58)59-36-34-46(41-67-59)68(43-18-4-2-5-19-43)44-20-6-3-7-21-44/h2-41H,1H3. The van der Waals surface area contributed by atoms with E-state index in [2.05, 4.69) is 253 Å². The molecule has 0 radical (unpaired) electrons. The van der Waals surface area contributed by atoms with Gasteiger partial charge in [0.15, 0.2) is 5.58 Å². The first-order valence-corrected chi connectivity index (χ1v) is 26.9. The van der Waals surface area contributed by atoms with E-state index in [1.54, 1.807) is 0 Å². The molecule has 11 aromatic carbocycles. The van der Waals surface area contributed by atoms with Crippen molar-refractivity contribution in [3.63, 3.8) is 0 Å². The Morgan fingerprint density at radius 3 is 1.90 bits per heavy atom. The maximum Gasteiger partial charge on any atom is 0.159 e. The van der Waals surface area contributed by atoms with Crippen molar-refractivity contribution in [2.45, 2.75) is 6.55 Å². The van der Waals surface area contributed by atoms with E-state index in [9.17, 15) is 0 Å². The Kier molecular flexibility index (Phi) is 8.56. The zero-order chi connectivity index (χ0) is 46.8. The number of hydrogen-bond donors (Lipinski definition) is 0. The highest BCUT2D eigenvalue weighted by atomic mass is 28.3. The Bertz CT molecular complexity index is 4280. The summed E-state index contributed by atoms with van der Waals surface area (Å²) < 4.78 is 6.80. The molecular weight excluding hydrogens is 879 g/mol. The van der Waals surface area contributed by atoms with E-state index in [0.717, 1.165) is 67.3 Å². The average Bonchev–Trinajstić information content (AvgIpc) is 3.82. The minimum atomic E-state index is -2.72. The second kappa shape index (κ2) is 15.2.